The number of aromatic nitrogens is 1. The summed E-state index contributed by atoms with van der Waals surface area (Å²) in [4.78, 5) is 1.42. The van der Waals surface area contributed by atoms with Gasteiger partial charge in [-0.05, 0) is 41.0 Å². The van der Waals surface area contributed by atoms with E-state index in [0.29, 0.717) is 34.0 Å². The number of nitrogens with zero attached hydrogens (tertiary/aromatic N) is 2. The average molecular weight is 610 g/mol. The molecular formula is C29H25N2O7S3+. The van der Waals surface area contributed by atoms with E-state index < -0.39 is 32.0 Å². The van der Waals surface area contributed by atoms with E-state index in [9.17, 15) is 25.9 Å². The highest BCUT2D eigenvalue weighted by Crippen LogP contribution is 2.45. The fourth-order valence-electron chi connectivity index (χ4n) is 5.11. The van der Waals surface area contributed by atoms with E-state index in [4.69, 9.17) is 4.74 Å². The SMILES string of the molecule is CCC(=Cc1sc2ccc3ccccc3c2[n+]1CS(=O)(=O)O)C=C1Oc2ccc3ccccc3c2N1CS(=O)(=O)O. The summed E-state index contributed by atoms with van der Waals surface area (Å²) in [7, 11) is -8.81. The number of ether oxygens (including phenoxy) is 1. The fraction of sp³-hybridized carbons (Fsp3) is 0.138. The molecule has 1 aliphatic rings. The monoisotopic (exact) mass is 609 g/mol. The zero-order valence-corrected chi connectivity index (χ0v) is 24.2. The lowest BCUT2D eigenvalue weighted by Gasteiger charge is -2.18. The summed E-state index contributed by atoms with van der Waals surface area (Å²) in [5, 5.41) is 4.00. The molecule has 0 saturated heterocycles. The molecule has 5 aromatic rings. The van der Waals surface area contributed by atoms with Crippen LogP contribution in [0.1, 0.15) is 18.4 Å². The summed E-state index contributed by atoms with van der Waals surface area (Å²) in [6.07, 6.45) is 3.97. The first-order valence-corrected chi connectivity index (χ1v) is 16.7. The van der Waals surface area contributed by atoms with E-state index in [-0.39, 0.29) is 5.88 Å². The molecule has 2 N–H and O–H groups in total. The van der Waals surface area contributed by atoms with Crippen LogP contribution in [-0.2, 0) is 26.1 Å². The van der Waals surface area contributed by atoms with Gasteiger partial charge in [-0.15, -0.1) is 0 Å². The number of hydrogen-bond donors (Lipinski definition) is 2. The van der Waals surface area contributed by atoms with Gasteiger partial charge in [0.1, 0.15) is 4.70 Å². The van der Waals surface area contributed by atoms with Crippen LogP contribution in [0.15, 0.2) is 90.3 Å². The van der Waals surface area contributed by atoms with Crippen LogP contribution in [0.5, 0.6) is 5.75 Å². The van der Waals surface area contributed by atoms with E-state index in [1.165, 1.54) is 16.2 Å². The summed E-state index contributed by atoms with van der Waals surface area (Å²) in [6.45, 7) is 1.91. The Balaban J connectivity index is 1.52. The summed E-state index contributed by atoms with van der Waals surface area (Å²) in [5.74, 6) is -0.698. The van der Waals surface area contributed by atoms with Crippen LogP contribution >= 0.6 is 11.3 Å². The number of thiazole rings is 1. The smallest absolute Gasteiger partial charge is 0.326 e. The zero-order valence-electron chi connectivity index (χ0n) is 21.8. The normalized spacial score (nSPS) is 15.2. The Morgan fingerprint density at radius 3 is 2.24 bits per heavy atom. The molecule has 2 heterocycles. The molecule has 0 amide bonds. The quantitative estimate of drug-likeness (QED) is 0.177. The third-order valence-electron chi connectivity index (χ3n) is 6.84. The lowest BCUT2D eigenvalue weighted by atomic mass is 10.1. The Kier molecular flexibility index (Phi) is 6.83. The number of allylic oxidation sites excluding steroid dienone is 2. The van der Waals surface area contributed by atoms with Crippen molar-refractivity contribution in [3.05, 3.63) is 95.3 Å². The maximum Gasteiger partial charge on any atom is 0.326 e. The number of rotatable bonds is 7. The molecule has 0 radical (unpaired) electrons. The first kappa shape index (κ1) is 27.4. The zero-order chi connectivity index (χ0) is 28.9. The first-order chi connectivity index (χ1) is 19.5. The van der Waals surface area contributed by atoms with E-state index in [1.54, 1.807) is 22.8 Å². The van der Waals surface area contributed by atoms with Crippen LogP contribution in [0.3, 0.4) is 0 Å². The number of anilines is 1. The highest BCUT2D eigenvalue weighted by Gasteiger charge is 2.32. The summed E-state index contributed by atoms with van der Waals surface area (Å²) >= 11 is 1.37. The van der Waals surface area contributed by atoms with Crippen LogP contribution < -0.4 is 14.2 Å². The van der Waals surface area contributed by atoms with Crippen molar-refractivity contribution in [3.8, 4) is 5.75 Å². The van der Waals surface area contributed by atoms with Gasteiger partial charge in [-0.2, -0.15) is 21.4 Å². The highest BCUT2D eigenvalue weighted by atomic mass is 32.2. The molecule has 0 spiro atoms. The van der Waals surface area contributed by atoms with Crippen molar-refractivity contribution in [2.75, 3.05) is 10.8 Å². The van der Waals surface area contributed by atoms with Crippen molar-refractivity contribution in [1.82, 2.24) is 0 Å². The highest BCUT2D eigenvalue weighted by molar-refractivity contribution is 7.85. The second-order valence-corrected chi connectivity index (χ2v) is 13.5. The summed E-state index contributed by atoms with van der Waals surface area (Å²) in [5.41, 5.74) is 1.92. The Morgan fingerprint density at radius 1 is 0.902 bits per heavy atom. The standard InChI is InChI=1S/C29H24N2O7S3/c1-2-19(15-26-30(17-40(32,33)34)28-22-9-5-3-7-20(22)11-13-24(28)38-26)16-27-31(18-41(35,36)37)29-23-10-6-4-8-21(23)12-14-25(29)39-27/h3-16H,2,17-18H2,1H3,(H-,32,33,34,35,36,37)/p+1. The van der Waals surface area contributed by atoms with Gasteiger partial charge in [-0.25, -0.2) is 0 Å². The minimum Gasteiger partial charge on any atom is -0.439 e. The van der Waals surface area contributed by atoms with Crippen LogP contribution in [0.4, 0.5) is 5.69 Å². The molecular weight excluding hydrogens is 585 g/mol. The Bertz CT molecular complexity index is 2130. The third kappa shape index (κ3) is 5.44. The van der Waals surface area contributed by atoms with Gasteiger partial charge < -0.3 is 4.74 Å². The molecule has 0 aliphatic carbocycles. The molecule has 12 heteroatoms. The van der Waals surface area contributed by atoms with Gasteiger partial charge in [-0.1, -0.05) is 72.9 Å². The minimum atomic E-state index is -4.43. The molecule has 0 atom stereocenters. The minimum absolute atomic E-state index is 0.204. The van der Waals surface area contributed by atoms with Gasteiger partial charge >= 0.3 is 10.1 Å². The fourth-order valence-corrected chi connectivity index (χ4v) is 7.52. The number of hydrogen-bond acceptors (Lipinski definition) is 7. The predicted octanol–water partition coefficient (Wildman–Crippen LogP) is 5.72. The van der Waals surface area contributed by atoms with Crippen molar-refractivity contribution in [2.45, 2.75) is 19.2 Å². The third-order valence-corrected chi connectivity index (χ3v) is 9.10. The Morgan fingerprint density at radius 2 is 1.56 bits per heavy atom. The molecule has 0 saturated carbocycles. The van der Waals surface area contributed by atoms with Crippen molar-refractivity contribution >= 4 is 75.1 Å². The topological polar surface area (TPSA) is 125 Å². The van der Waals surface area contributed by atoms with Gasteiger partial charge in [0.25, 0.3) is 21.0 Å². The van der Waals surface area contributed by atoms with Crippen LogP contribution in [0.25, 0.3) is 37.8 Å². The molecule has 4 aromatic carbocycles. The first-order valence-electron chi connectivity index (χ1n) is 12.6. The predicted molar refractivity (Wildman–Crippen MR) is 161 cm³/mol. The molecule has 210 valence electrons. The van der Waals surface area contributed by atoms with Crippen LogP contribution in [-0.4, -0.2) is 31.8 Å². The largest absolute Gasteiger partial charge is 0.439 e. The summed E-state index contributed by atoms with van der Waals surface area (Å²) < 4.78 is 76.3. The molecule has 0 unspecified atom stereocenters. The van der Waals surface area contributed by atoms with Crippen LogP contribution in [0, 0.1) is 0 Å². The molecule has 6 rings (SSSR count). The van der Waals surface area contributed by atoms with Gasteiger partial charge in [0.05, 0.1) is 11.1 Å². The molecule has 41 heavy (non-hydrogen) atoms. The molecule has 0 fully saturated rings. The lowest BCUT2D eigenvalue weighted by molar-refractivity contribution is -0.648. The molecule has 1 aromatic heterocycles. The maximum absolute atomic E-state index is 12.1. The Labute approximate surface area is 240 Å². The van der Waals surface area contributed by atoms with Crippen molar-refractivity contribution < 1.29 is 35.2 Å². The van der Waals surface area contributed by atoms with Crippen molar-refractivity contribution in [2.24, 2.45) is 0 Å². The maximum atomic E-state index is 12.1. The number of benzene rings is 4. The molecule has 9 nitrogen and oxygen atoms in total. The molecule has 1 aliphatic heterocycles. The van der Waals surface area contributed by atoms with E-state index in [1.807, 2.05) is 73.7 Å². The molecule has 0 bridgehead atoms. The van der Waals surface area contributed by atoms with Gasteiger partial charge in [0.15, 0.2) is 11.6 Å². The summed E-state index contributed by atoms with van der Waals surface area (Å²) in [6, 6.07) is 22.6. The average Bonchev–Trinajstić information content (AvgIpc) is 3.43. The van der Waals surface area contributed by atoms with E-state index in [2.05, 4.69) is 0 Å². The van der Waals surface area contributed by atoms with E-state index in [0.717, 1.165) is 26.2 Å². The lowest BCUT2D eigenvalue weighted by Crippen LogP contribution is -2.39. The second kappa shape index (κ2) is 10.2. The van der Waals surface area contributed by atoms with Gasteiger partial charge in [-0.3, -0.25) is 14.0 Å². The van der Waals surface area contributed by atoms with Crippen molar-refractivity contribution in [3.63, 3.8) is 0 Å². The number of fused-ring (bicyclic) bond motifs is 6. The Hall–Kier alpha value is -3.81. The second-order valence-electron chi connectivity index (χ2n) is 9.64. The van der Waals surface area contributed by atoms with E-state index >= 15 is 0 Å². The van der Waals surface area contributed by atoms with Gasteiger partial charge in [0, 0.05) is 17.5 Å². The van der Waals surface area contributed by atoms with Crippen LogP contribution in [0.2, 0.25) is 0 Å². The van der Waals surface area contributed by atoms with Crippen molar-refractivity contribution in [1.29, 1.82) is 0 Å². The van der Waals surface area contributed by atoms with Gasteiger partial charge in [0.2, 0.25) is 11.4 Å².